The minimum atomic E-state index is -0.178. The normalized spacial score (nSPS) is 15.4. The topological polar surface area (TPSA) is 66.0 Å². The quantitative estimate of drug-likeness (QED) is 0.868. The maximum Gasteiger partial charge on any atom is 0.244 e. The summed E-state index contributed by atoms with van der Waals surface area (Å²) in [7, 11) is 0. The Morgan fingerprint density at radius 1 is 0.960 bits per heavy atom. The molecule has 0 bridgehead atoms. The van der Waals surface area contributed by atoms with E-state index in [1.165, 1.54) is 6.08 Å². The van der Waals surface area contributed by atoms with Gasteiger partial charge in [0.15, 0.2) is 23.0 Å². The van der Waals surface area contributed by atoms with Crippen LogP contribution in [0, 0.1) is 0 Å². The zero-order valence-corrected chi connectivity index (χ0v) is 13.7. The maximum atomic E-state index is 12.2. The number of hydrogen-bond acceptors (Lipinski definition) is 5. The minimum absolute atomic E-state index is 0.150. The fraction of sp³-hybridized carbons (Fsp3) is 0.211. The summed E-state index contributed by atoms with van der Waals surface area (Å²) >= 11 is 0. The van der Waals surface area contributed by atoms with Crippen molar-refractivity contribution in [1.29, 1.82) is 0 Å². The van der Waals surface area contributed by atoms with Gasteiger partial charge in [0.05, 0.1) is 6.04 Å². The average Bonchev–Trinajstić information content (AvgIpc) is 3.27. The van der Waals surface area contributed by atoms with E-state index in [0.29, 0.717) is 11.5 Å². The molecule has 1 atom stereocenters. The lowest BCUT2D eigenvalue weighted by molar-refractivity contribution is -0.117. The van der Waals surface area contributed by atoms with Crippen molar-refractivity contribution in [2.45, 2.75) is 13.0 Å². The van der Waals surface area contributed by atoms with Crippen molar-refractivity contribution in [3.05, 3.63) is 53.6 Å². The summed E-state index contributed by atoms with van der Waals surface area (Å²) in [6, 6.07) is 11.0. The van der Waals surface area contributed by atoms with E-state index in [1.54, 1.807) is 6.08 Å². The molecule has 0 aromatic heterocycles. The van der Waals surface area contributed by atoms with Crippen LogP contribution in [0.1, 0.15) is 24.1 Å². The molecule has 1 unspecified atom stereocenters. The van der Waals surface area contributed by atoms with E-state index >= 15 is 0 Å². The minimum Gasteiger partial charge on any atom is -0.454 e. The molecule has 25 heavy (non-hydrogen) atoms. The average molecular weight is 339 g/mol. The first kappa shape index (κ1) is 15.4. The monoisotopic (exact) mass is 339 g/mol. The number of rotatable bonds is 4. The largest absolute Gasteiger partial charge is 0.454 e. The van der Waals surface area contributed by atoms with Gasteiger partial charge in [-0.2, -0.15) is 0 Å². The number of amides is 1. The third-order valence-electron chi connectivity index (χ3n) is 4.08. The predicted molar refractivity (Wildman–Crippen MR) is 90.7 cm³/mol. The molecule has 128 valence electrons. The van der Waals surface area contributed by atoms with Gasteiger partial charge >= 0.3 is 0 Å². The van der Waals surface area contributed by atoms with Gasteiger partial charge in [-0.15, -0.1) is 0 Å². The Balaban J connectivity index is 1.39. The van der Waals surface area contributed by atoms with Crippen molar-refractivity contribution in [1.82, 2.24) is 5.32 Å². The molecule has 6 nitrogen and oxygen atoms in total. The molecule has 2 aromatic carbocycles. The number of fused-ring (bicyclic) bond motifs is 2. The summed E-state index contributed by atoms with van der Waals surface area (Å²) < 4.78 is 21.3. The summed E-state index contributed by atoms with van der Waals surface area (Å²) in [4.78, 5) is 12.2. The molecule has 2 aliphatic rings. The van der Waals surface area contributed by atoms with Gasteiger partial charge < -0.3 is 24.3 Å². The second-order valence-electron chi connectivity index (χ2n) is 5.79. The van der Waals surface area contributed by atoms with Crippen LogP contribution in [0.4, 0.5) is 0 Å². The Hall–Kier alpha value is -3.15. The predicted octanol–water partition coefficient (Wildman–Crippen LogP) is 3.03. The van der Waals surface area contributed by atoms with Gasteiger partial charge in [-0.05, 0) is 48.4 Å². The summed E-state index contributed by atoms with van der Waals surface area (Å²) in [6.07, 6.45) is 3.24. The molecule has 0 saturated carbocycles. The van der Waals surface area contributed by atoms with E-state index in [9.17, 15) is 4.79 Å². The fourth-order valence-corrected chi connectivity index (χ4v) is 2.72. The number of carbonyl (C=O) groups is 1. The second-order valence-corrected chi connectivity index (χ2v) is 5.79. The fourth-order valence-electron chi connectivity index (χ4n) is 2.72. The molecule has 2 aliphatic heterocycles. The molecule has 1 amide bonds. The Morgan fingerprint density at radius 2 is 1.60 bits per heavy atom. The molecule has 0 aliphatic carbocycles. The molecule has 2 aromatic rings. The molecule has 0 saturated heterocycles. The molecule has 0 spiro atoms. The highest BCUT2D eigenvalue weighted by molar-refractivity contribution is 5.92. The van der Waals surface area contributed by atoms with Crippen LogP contribution in [0.25, 0.3) is 6.08 Å². The summed E-state index contributed by atoms with van der Waals surface area (Å²) in [6.45, 7) is 2.39. The van der Waals surface area contributed by atoms with Crippen LogP contribution >= 0.6 is 0 Å². The van der Waals surface area contributed by atoms with Gasteiger partial charge in [-0.1, -0.05) is 12.1 Å². The first-order valence-corrected chi connectivity index (χ1v) is 7.97. The van der Waals surface area contributed by atoms with Crippen molar-refractivity contribution in [2.24, 2.45) is 0 Å². The third kappa shape index (κ3) is 3.24. The molecular weight excluding hydrogens is 322 g/mol. The van der Waals surface area contributed by atoms with Crippen molar-refractivity contribution in [2.75, 3.05) is 13.6 Å². The Labute approximate surface area is 145 Å². The van der Waals surface area contributed by atoms with Crippen LogP contribution in [-0.2, 0) is 4.79 Å². The zero-order chi connectivity index (χ0) is 17.2. The van der Waals surface area contributed by atoms with Gasteiger partial charge in [-0.25, -0.2) is 0 Å². The van der Waals surface area contributed by atoms with E-state index in [1.807, 2.05) is 43.3 Å². The van der Waals surface area contributed by atoms with Crippen molar-refractivity contribution >= 4 is 12.0 Å². The Bertz CT molecular complexity index is 846. The lowest BCUT2D eigenvalue weighted by Crippen LogP contribution is -2.24. The molecule has 4 rings (SSSR count). The molecule has 2 heterocycles. The van der Waals surface area contributed by atoms with Crippen molar-refractivity contribution in [3.63, 3.8) is 0 Å². The smallest absolute Gasteiger partial charge is 0.244 e. The van der Waals surface area contributed by atoms with E-state index in [0.717, 1.165) is 22.6 Å². The number of benzene rings is 2. The van der Waals surface area contributed by atoms with Crippen molar-refractivity contribution in [3.8, 4) is 23.0 Å². The molecule has 0 fully saturated rings. The highest BCUT2D eigenvalue weighted by atomic mass is 16.7. The van der Waals surface area contributed by atoms with Gasteiger partial charge in [0.25, 0.3) is 0 Å². The molecule has 6 heteroatoms. The third-order valence-corrected chi connectivity index (χ3v) is 4.08. The van der Waals surface area contributed by atoms with Crippen molar-refractivity contribution < 1.29 is 23.7 Å². The lowest BCUT2D eigenvalue weighted by Gasteiger charge is -2.13. The zero-order valence-electron chi connectivity index (χ0n) is 13.7. The van der Waals surface area contributed by atoms with Gasteiger partial charge in [0, 0.05) is 6.08 Å². The van der Waals surface area contributed by atoms with Crippen LogP contribution in [0.3, 0.4) is 0 Å². The standard InChI is InChI=1S/C19H17NO5/c1-12(14-4-6-16-18(9-14)25-11-23-16)20-19(21)7-3-13-2-5-15-17(8-13)24-10-22-15/h2-9,12H,10-11H2,1H3,(H,20,21). The number of nitrogens with one attached hydrogen (secondary N) is 1. The van der Waals surface area contributed by atoms with Crippen LogP contribution in [0.15, 0.2) is 42.5 Å². The van der Waals surface area contributed by atoms with Crippen LogP contribution in [0.2, 0.25) is 0 Å². The Morgan fingerprint density at radius 3 is 2.36 bits per heavy atom. The van der Waals surface area contributed by atoms with Gasteiger partial charge in [-0.3, -0.25) is 4.79 Å². The van der Waals surface area contributed by atoms with Gasteiger partial charge in [0.1, 0.15) is 0 Å². The molecule has 0 radical (unpaired) electrons. The SMILES string of the molecule is CC(NC(=O)C=Cc1ccc2c(c1)OCO2)c1ccc2c(c1)OCO2. The number of ether oxygens (including phenoxy) is 4. The van der Waals surface area contributed by atoms with E-state index in [4.69, 9.17) is 18.9 Å². The van der Waals surface area contributed by atoms with Crippen LogP contribution < -0.4 is 24.3 Å². The number of carbonyl (C=O) groups excluding carboxylic acids is 1. The summed E-state index contributed by atoms with van der Waals surface area (Å²) in [5.41, 5.74) is 1.82. The molecular formula is C19H17NO5. The highest BCUT2D eigenvalue weighted by Crippen LogP contribution is 2.34. The first-order chi connectivity index (χ1) is 12.2. The highest BCUT2D eigenvalue weighted by Gasteiger charge is 2.16. The summed E-state index contributed by atoms with van der Waals surface area (Å²) in [5.74, 6) is 2.66. The van der Waals surface area contributed by atoms with E-state index < -0.39 is 0 Å². The van der Waals surface area contributed by atoms with E-state index in [2.05, 4.69) is 5.32 Å². The van der Waals surface area contributed by atoms with Crippen LogP contribution in [0.5, 0.6) is 23.0 Å². The summed E-state index contributed by atoms with van der Waals surface area (Å²) in [5, 5.41) is 2.93. The number of hydrogen-bond donors (Lipinski definition) is 1. The first-order valence-electron chi connectivity index (χ1n) is 7.97. The molecule has 1 N–H and O–H groups in total. The maximum absolute atomic E-state index is 12.2. The second kappa shape index (κ2) is 6.39. The van der Waals surface area contributed by atoms with Crippen LogP contribution in [-0.4, -0.2) is 19.5 Å². The van der Waals surface area contributed by atoms with Gasteiger partial charge in [0.2, 0.25) is 19.5 Å². The Kier molecular flexibility index (Phi) is 3.93. The van der Waals surface area contributed by atoms with E-state index in [-0.39, 0.29) is 25.5 Å². The lowest BCUT2D eigenvalue weighted by atomic mass is 10.1.